The summed E-state index contributed by atoms with van der Waals surface area (Å²) in [7, 11) is 0. The van der Waals surface area contributed by atoms with Gasteiger partial charge in [0.15, 0.2) is 0 Å². The summed E-state index contributed by atoms with van der Waals surface area (Å²) >= 11 is 5.83. The number of alkyl halides is 1. The third-order valence-corrected chi connectivity index (χ3v) is 2.14. The number of carboxylic acids is 1. The molecule has 0 spiro atoms. The normalized spacial score (nSPS) is 28.6. The Hall–Kier alpha value is -0.280. The lowest BCUT2D eigenvalue weighted by Crippen LogP contribution is -2.26. The molecule has 0 heterocycles. The van der Waals surface area contributed by atoms with E-state index in [1.165, 1.54) is 0 Å². The van der Waals surface area contributed by atoms with Crippen LogP contribution in [0, 0.1) is 0 Å². The third kappa shape index (κ3) is 7.82. The zero-order chi connectivity index (χ0) is 9.56. The summed E-state index contributed by atoms with van der Waals surface area (Å²) in [6.07, 6.45) is 4.47. The molecule has 1 rings (SSSR count). The molecule has 1 saturated carbocycles. The van der Waals surface area contributed by atoms with Crippen LogP contribution in [0.25, 0.3) is 0 Å². The standard InChI is InChI=1S/C6H12ClN.C2H4O2/c7-5-1-3-6(8)4-2-5;1-2(3)4/h5-6H,1-4,8H2;1H3,(H,3,4)/p-1. The van der Waals surface area contributed by atoms with E-state index in [1.54, 1.807) is 0 Å². The zero-order valence-electron chi connectivity index (χ0n) is 7.25. The fourth-order valence-electron chi connectivity index (χ4n) is 1.08. The lowest BCUT2D eigenvalue weighted by molar-refractivity contribution is -0.302. The molecule has 4 heteroatoms. The van der Waals surface area contributed by atoms with Gasteiger partial charge in [-0.1, -0.05) is 0 Å². The van der Waals surface area contributed by atoms with Gasteiger partial charge in [0, 0.05) is 17.4 Å². The first-order chi connectivity index (χ1) is 5.52. The maximum atomic E-state index is 8.89. The van der Waals surface area contributed by atoms with Crippen LogP contribution in [-0.4, -0.2) is 17.4 Å². The topological polar surface area (TPSA) is 66.1 Å². The summed E-state index contributed by atoms with van der Waals surface area (Å²) in [6.45, 7) is 0.972. The van der Waals surface area contributed by atoms with Gasteiger partial charge in [-0.05, 0) is 32.6 Å². The van der Waals surface area contributed by atoms with Gasteiger partial charge in [-0.3, -0.25) is 0 Å². The molecule has 0 radical (unpaired) electrons. The molecular formula is C8H15ClNO2-. The molecule has 0 saturated heterocycles. The van der Waals surface area contributed by atoms with Crippen LogP contribution in [0.15, 0.2) is 0 Å². The Bertz CT molecular complexity index is 119. The predicted octanol–water partition coefficient (Wildman–Crippen LogP) is 0.251. The number of nitrogens with two attached hydrogens (primary N) is 1. The van der Waals surface area contributed by atoms with Crippen molar-refractivity contribution in [3.8, 4) is 0 Å². The highest BCUT2D eigenvalue weighted by molar-refractivity contribution is 6.20. The van der Waals surface area contributed by atoms with Gasteiger partial charge in [0.25, 0.3) is 0 Å². The zero-order valence-corrected chi connectivity index (χ0v) is 8.01. The van der Waals surface area contributed by atoms with Crippen LogP contribution in [0.2, 0.25) is 0 Å². The van der Waals surface area contributed by atoms with Crippen LogP contribution >= 0.6 is 11.6 Å². The second-order valence-electron chi connectivity index (χ2n) is 3.00. The summed E-state index contributed by atoms with van der Waals surface area (Å²) < 4.78 is 0. The average molecular weight is 193 g/mol. The Morgan fingerprint density at radius 2 is 1.75 bits per heavy atom. The second kappa shape index (κ2) is 6.26. The van der Waals surface area contributed by atoms with E-state index in [4.69, 9.17) is 27.2 Å². The molecule has 2 N–H and O–H groups in total. The first kappa shape index (κ1) is 11.7. The van der Waals surface area contributed by atoms with E-state index >= 15 is 0 Å². The van der Waals surface area contributed by atoms with Crippen LogP contribution < -0.4 is 10.8 Å². The smallest absolute Gasteiger partial charge is 0.0383 e. The molecule has 0 aromatic heterocycles. The molecule has 0 aromatic carbocycles. The first-order valence-corrected chi connectivity index (χ1v) is 4.53. The Morgan fingerprint density at radius 1 is 1.42 bits per heavy atom. The van der Waals surface area contributed by atoms with Gasteiger partial charge in [0.2, 0.25) is 0 Å². The van der Waals surface area contributed by atoms with Gasteiger partial charge >= 0.3 is 0 Å². The molecule has 3 nitrogen and oxygen atoms in total. The van der Waals surface area contributed by atoms with Gasteiger partial charge in [0.05, 0.1) is 0 Å². The molecule has 0 bridgehead atoms. The first-order valence-electron chi connectivity index (χ1n) is 4.09. The fourth-order valence-corrected chi connectivity index (χ4v) is 1.33. The van der Waals surface area contributed by atoms with E-state index in [1.807, 2.05) is 0 Å². The molecule has 72 valence electrons. The van der Waals surface area contributed by atoms with Crippen molar-refractivity contribution in [1.82, 2.24) is 0 Å². The Labute approximate surface area is 77.9 Å². The third-order valence-electron chi connectivity index (χ3n) is 1.70. The maximum Gasteiger partial charge on any atom is 0.0383 e. The number of hydrogen-bond acceptors (Lipinski definition) is 3. The van der Waals surface area contributed by atoms with Gasteiger partial charge in [-0.2, -0.15) is 0 Å². The van der Waals surface area contributed by atoms with E-state index in [-0.39, 0.29) is 0 Å². The highest BCUT2D eigenvalue weighted by atomic mass is 35.5. The van der Waals surface area contributed by atoms with Crippen molar-refractivity contribution in [3.63, 3.8) is 0 Å². The molecule has 0 atom stereocenters. The van der Waals surface area contributed by atoms with Gasteiger partial charge in [-0.15, -0.1) is 11.6 Å². The molecule has 0 aromatic rings. The van der Waals surface area contributed by atoms with E-state index in [0.717, 1.165) is 32.6 Å². The Kier molecular flexibility index (Phi) is 6.11. The number of carboxylic acid groups (broad SMARTS) is 1. The van der Waals surface area contributed by atoms with Crippen LogP contribution in [0.4, 0.5) is 0 Å². The van der Waals surface area contributed by atoms with E-state index in [9.17, 15) is 0 Å². The van der Waals surface area contributed by atoms with Crippen molar-refractivity contribution in [3.05, 3.63) is 0 Å². The summed E-state index contributed by atoms with van der Waals surface area (Å²) in [5, 5.41) is 9.30. The summed E-state index contributed by atoms with van der Waals surface area (Å²) in [4.78, 5) is 8.89. The molecule has 1 fully saturated rings. The lowest BCUT2D eigenvalue weighted by Gasteiger charge is -2.20. The van der Waals surface area contributed by atoms with Crippen molar-refractivity contribution in [1.29, 1.82) is 0 Å². The maximum absolute atomic E-state index is 8.89. The Balaban J connectivity index is 0.000000261. The average Bonchev–Trinajstić information content (AvgIpc) is 1.94. The quantitative estimate of drug-likeness (QED) is 0.560. The summed E-state index contributed by atoms with van der Waals surface area (Å²) in [5.74, 6) is -1.08. The Morgan fingerprint density at radius 3 is 2.00 bits per heavy atom. The minimum absolute atomic E-state index is 0.412. The van der Waals surface area contributed by atoms with E-state index < -0.39 is 5.97 Å². The highest BCUT2D eigenvalue weighted by Gasteiger charge is 2.15. The number of rotatable bonds is 0. The molecule has 1 aliphatic carbocycles. The molecule has 0 amide bonds. The molecule has 1 aliphatic rings. The number of hydrogen-bond donors (Lipinski definition) is 1. The van der Waals surface area contributed by atoms with Gasteiger partial charge < -0.3 is 15.6 Å². The van der Waals surface area contributed by atoms with Crippen LogP contribution in [-0.2, 0) is 4.79 Å². The van der Waals surface area contributed by atoms with Crippen molar-refractivity contribution < 1.29 is 9.90 Å². The van der Waals surface area contributed by atoms with E-state index in [0.29, 0.717) is 11.4 Å². The van der Waals surface area contributed by atoms with Gasteiger partial charge in [0.1, 0.15) is 0 Å². The molecule has 0 unspecified atom stereocenters. The second-order valence-corrected chi connectivity index (χ2v) is 3.62. The van der Waals surface area contributed by atoms with Crippen molar-refractivity contribution in [2.45, 2.75) is 44.0 Å². The van der Waals surface area contributed by atoms with E-state index in [2.05, 4.69) is 0 Å². The van der Waals surface area contributed by atoms with Crippen molar-refractivity contribution in [2.24, 2.45) is 5.73 Å². The number of aliphatic carboxylic acids is 1. The van der Waals surface area contributed by atoms with Crippen molar-refractivity contribution >= 4 is 17.6 Å². The summed E-state index contributed by atoms with van der Waals surface area (Å²) in [5.41, 5.74) is 5.64. The molecule has 0 aliphatic heterocycles. The lowest BCUT2D eigenvalue weighted by atomic mass is 9.96. The van der Waals surface area contributed by atoms with Gasteiger partial charge in [-0.25, -0.2) is 0 Å². The van der Waals surface area contributed by atoms with Crippen LogP contribution in [0.1, 0.15) is 32.6 Å². The number of carbonyl (C=O) groups is 1. The van der Waals surface area contributed by atoms with Crippen LogP contribution in [0.3, 0.4) is 0 Å². The number of carbonyl (C=O) groups excluding carboxylic acids is 1. The monoisotopic (exact) mass is 192 g/mol. The minimum Gasteiger partial charge on any atom is -0.550 e. The number of halogens is 1. The molecular weight excluding hydrogens is 178 g/mol. The minimum atomic E-state index is -1.08. The van der Waals surface area contributed by atoms with Crippen molar-refractivity contribution in [2.75, 3.05) is 0 Å². The molecule has 12 heavy (non-hydrogen) atoms. The largest absolute Gasteiger partial charge is 0.550 e. The SMILES string of the molecule is CC(=O)[O-].NC1CCC(Cl)CC1. The fraction of sp³-hybridized carbons (Fsp3) is 0.875. The summed E-state index contributed by atoms with van der Waals surface area (Å²) in [6, 6.07) is 0.435. The predicted molar refractivity (Wildman–Crippen MR) is 46.8 cm³/mol. The van der Waals surface area contributed by atoms with Crippen LogP contribution in [0.5, 0.6) is 0 Å². The highest BCUT2D eigenvalue weighted by Crippen LogP contribution is 2.20.